The van der Waals surface area contributed by atoms with Gasteiger partial charge >= 0.3 is 0 Å². The van der Waals surface area contributed by atoms with E-state index in [0.29, 0.717) is 19.6 Å². The molecule has 1 aromatic rings. The number of ether oxygens (including phenoxy) is 1. The van der Waals surface area contributed by atoms with Gasteiger partial charge in [-0.05, 0) is 25.1 Å². The second-order valence-electron chi connectivity index (χ2n) is 5.25. The first-order valence-electron chi connectivity index (χ1n) is 6.78. The molecule has 0 spiro atoms. The fraction of sp³-hybridized carbons (Fsp3) is 0.538. The molecule has 1 atom stereocenters. The topological polar surface area (TPSA) is 92.8 Å². The average molecular weight is 348 g/mol. The molecule has 0 aliphatic carbocycles. The lowest BCUT2D eigenvalue weighted by Crippen LogP contribution is -2.52. The van der Waals surface area contributed by atoms with E-state index in [1.165, 1.54) is 23.5 Å². The van der Waals surface area contributed by atoms with E-state index >= 15 is 0 Å². The Hall–Kier alpha value is -1.16. The van der Waals surface area contributed by atoms with Crippen LogP contribution in [0.15, 0.2) is 28.0 Å². The van der Waals surface area contributed by atoms with E-state index in [-0.39, 0.29) is 21.6 Å². The molecule has 0 bridgehead atoms. The van der Waals surface area contributed by atoms with Crippen LogP contribution in [-0.4, -0.2) is 60.2 Å². The predicted molar refractivity (Wildman–Crippen MR) is 82.3 cm³/mol. The van der Waals surface area contributed by atoms with E-state index in [2.05, 4.69) is 5.32 Å². The third-order valence-corrected chi connectivity index (χ3v) is 6.74. The third-order valence-electron chi connectivity index (χ3n) is 3.59. The molecule has 9 heteroatoms. The summed E-state index contributed by atoms with van der Waals surface area (Å²) in [6.45, 7) is 3.23. The van der Waals surface area contributed by atoms with Crippen molar-refractivity contribution in [3.63, 3.8) is 0 Å². The minimum atomic E-state index is -3.83. The number of nitrogens with one attached hydrogen (secondary N) is 1. The van der Waals surface area contributed by atoms with Gasteiger partial charge in [-0.3, -0.25) is 0 Å². The molecule has 1 saturated heterocycles. The molecule has 1 aliphatic heterocycles. The number of sulfonamides is 1. The van der Waals surface area contributed by atoms with Crippen LogP contribution in [0.2, 0.25) is 0 Å². The molecule has 2 rings (SSSR count). The number of methoxy groups -OCH3 is 1. The second-order valence-corrected chi connectivity index (χ2v) is 9.13. The maximum atomic E-state index is 12.9. The van der Waals surface area contributed by atoms with Crippen LogP contribution in [0.4, 0.5) is 0 Å². The summed E-state index contributed by atoms with van der Waals surface area (Å²) in [5.41, 5.74) is 0. The number of piperazine rings is 1. The molecule has 1 N–H and O–H groups in total. The van der Waals surface area contributed by atoms with Crippen LogP contribution in [0.1, 0.15) is 6.92 Å². The van der Waals surface area contributed by atoms with E-state index in [4.69, 9.17) is 4.74 Å². The lowest BCUT2D eigenvalue weighted by atomic mass is 10.3. The van der Waals surface area contributed by atoms with Crippen LogP contribution in [-0.2, 0) is 19.9 Å². The molecule has 0 aromatic heterocycles. The first kappa shape index (κ1) is 17.2. The fourth-order valence-electron chi connectivity index (χ4n) is 2.40. The van der Waals surface area contributed by atoms with Crippen LogP contribution in [0, 0.1) is 0 Å². The van der Waals surface area contributed by atoms with Crippen molar-refractivity contribution in [2.45, 2.75) is 22.8 Å². The summed E-state index contributed by atoms with van der Waals surface area (Å²) in [5, 5.41) is 3.12. The molecule has 0 unspecified atom stereocenters. The van der Waals surface area contributed by atoms with Gasteiger partial charge in [-0.1, -0.05) is 0 Å². The summed E-state index contributed by atoms with van der Waals surface area (Å²) in [6, 6.07) is 3.66. The molecule has 7 nitrogen and oxygen atoms in total. The molecule has 1 aromatic carbocycles. The number of rotatable bonds is 4. The van der Waals surface area contributed by atoms with Gasteiger partial charge in [0.2, 0.25) is 10.0 Å². The summed E-state index contributed by atoms with van der Waals surface area (Å²) in [5.74, 6) is 0.137. The highest BCUT2D eigenvalue weighted by Gasteiger charge is 2.33. The molecule has 1 heterocycles. The highest BCUT2D eigenvalue weighted by molar-refractivity contribution is 7.91. The molecule has 1 fully saturated rings. The van der Waals surface area contributed by atoms with Crippen molar-refractivity contribution in [3.05, 3.63) is 18.2 Å². The maximum Gasteiger partial charge on any atom is 0.247 e. The zero-order valence-corrected chi connectivity index (χ0v) is 14.4. The minimum Gasteiger partial charge on any atom is -0.495 e. The Morgan fingerprint density at radius 1 is 1.27 bits per heavy atom. The predicted octanol–water partition coefficient (Wildman–Crippen LogP) is 0.0811. The van der Waals surface area contributed by atoms with Crippen LogP contribution < -0.4 is 10.1 Å². The van der Waals surface area contributed by atoms with Crippen LogP contribution >= 0.6 is 0 Å². The van der Waals surface area contributed by atoms with Gasteiger partial charge in [-0.25, -0.2) is 16.8 Å². The summed E-state index contributed by atoms with van der Waals surface area (Å²) in [6.07, 6.45) is 1.04. The zero-order chi connectivity index (χ0) is 16.5. The van der Waals surface area contributed by atoms with E-state index in [1.807, 2.05) is 0 Å². The van der Waals surface area contributed by atoms with Crippen LogP contribution in [0.3, 0.4) is 0 Å². The first-order valence-corrected chi connectivity index (χ1v) is 10.1. The highest BCUT2D eigenvalue weighted by atomic mass is 32.2. The summed E-state index contributed by atoms with van der Waals surface area (Å²) in [4.78, 5) is -0.165. The summed E-state index contributed by atoms with van der Waals surface area (Å²) < 4.78 is 55.6. The molecule has 124 valence electrons. The quantitative estimate of drug-likeness (QED) is 0.828. The SMILES string of the molecule is COc1ccc(S(C)(=O)=O)cc1S(=O)(=O)N1CCNC[C@@H]1C. The highest BCUT2D eigenvalue weighted by Crippen LogP contribution is 2.30. The molecule has 22 heavy (non-hydrogen) atoms. The van der Waals surface area contributed by atoms with Crippen molar-refractivity contribution in [3.8, 4) is 5.75 Å². The van der Waals surface area contributed by atoms with E-state index in [9.17, 15) is 16.8 Å². The average Bonchev–Trinajstić information content (AvgIpc) is 2.45. The first-order chi connectivity index (χ1) is 10.2. The molecule has 0 amide bonds. The number of sulfone groups is 1. The van der Waals surface area contributed by atoms with Gasteiger partial charge in [0, 0.05) is 31.9 Å². The summed E-state index contributed by atoms with van der Waals surface area (Å²) >= 11 is 0. The number of hydrogen-bond acceptors (Lipinski definition) is 6. The Labute approximate surface area is 131 Å². The lowest BCUT2D eigenvalue weighted by Gasteiger charge is -2.33. The van der Waals surface area contributed by atoms with Crippen molar-refractivity contribution in [1.29, 1.82) is 0 Å². The maximum absolute atomic E-state index is 12.9. The van der Waals surface area contributed by atoms with Gasteiger partial charge < -0.3 is 10.1 Å². The van der Waals surface area contributed by atoms with Crippen molar-refractivity contribution in [1.82, 2.24) is 9.62 Å². The Morgan fingerprint density at radius 2 is 1.95 bits per heavy atom. The van der Waals surface area contributed by atoms with E-state index in [0.717, 1.165) is 12.3 Å². The minimum absolute atomic E-state index is 0.0466. The standard InChI is InChI=1S/C13H20N2O5S2/c1-10-9-14-6-7-15(10)22(18,19)13-8-11(21(3,16)17)4-5-12(13)20-2/h4-5,8,10,14H,6-7,9H2,1-3H3/t10-/m0/s1. The van der Waals surface area contributed by atoms with Crippen molar-refractivity contribution in [2.75, 3.05) is 33.0 Å². The number of hydrogen-bond donors (Lipinski definition) is 1. The molecule has 0 radical (unpaired) electrons. The molecular weight excluding hydrogens is 328 g/mol. The van der Waals surface area contributed by atoms with Gasteiger partial charge in [0.15, 0.2) is 9.84 Å². The van der Waals surface area contributed by atoms with Gasteiger partial charge in [0.25, 0.3) is 0 Å². The van der Waals surface area contributed by atoms with Gasteiger partial charge in [-0.2, -0.15) is 4.31 Å². The normalized spacial score (nSPS) is 20.8. The molecular formula is C13H20N2O5S2. The zero-order valence-electron chi connectivity index (χ0n) is 12.7. The summed E-state index contributed by atoms with van der Waals surface area (Å²) in [7, 11) is -5.98. The molecule has 0 saturated carbocycles. The van der Waals surface area contributed by atoms with Gasteiger partial charge in [-0.15, -0.1) is 0 Å². The Kier molecular flexibility index (Phi) is 4.81. The number of benzene rings is 1. The largest absolute Gasteiger partial charge is 0.495 e. The van der Waals surface area contributed by atoms with Crippen molar-refractivity contribution < 1.29 is 21.6 Å². The van der Waals surface area contributed by atoms with Crippen LogP contribution in [0.5, 0.6) is 5.75 Å². The third kappa shape index (κ3) is 3.27. The van der Waals surface area contributed by atoms with Crippen molar-refractivity contribution >= 4 is 19.9 Å². The fourth-order valence-corrected chi connectivity index (χ4v) is 4.93. The smallest absolute Gasteiger partial charge is 0.247 e. The van der Waals surface area contributed by atoms with Crippen molar-refractivity contribution in [2.24, 2.45) is 0 Å². The number of nitrogens with zero attached hydrogens (tertiary/aromatic N) is 1. The Morgan fingerprint density at radius 3 is 2.50 bits per heavy atom. The molecule has 1 aliphatic rings. The Bertz CT molecular complexity index is 759. The Balaban J connectivity index is 2.58. The van der Waals surface area contributed by atoms with Gasteiger partial charge in [0.1, 0.15) is 10.6 Å². The van der Waals surface area contributed by atoms with Gasteiger partial charge in [0.05, 0.1) is 12.0 Å². The monoisotopic (exact) mass is 348 g/mol. The van der Waals surface area contributed by atoms with E-state index < -0.39 is 19.9 Å². The second kappa shape index (κ2) is 6.15. The van der Waals surface area contributed by atoms with Crippen LogP contribution in [0.25, 0.3) is 0 Å². The van der Waals surface area contributed by atoms with E-state index in [1.54, 1.807) is 6.92 Å². The lowest BCUT2D eigenvalue weighted by molar-refractivity contribution is 0.282.